The summed E-state index contributed by atoms with van der Waals surface area (Å²) in [5, 5.41) is 8.90. The van der Waals surface area contributed by atoms with E-state index in [1.54, 1.807) is 13.8 Å². The average molecular weight is 322 g/mol. The molecule has 21 heavy (non-hydrogen) atoms. The number of carbonyl (C=O) groups is 2. The molecule has 0 saturated carbocycles. The van der Waals surface area contributed by atoms with Crippen LogP contribution in [0.5, 0.6) is 0 Å². The number of nitrogens with zero attached hydrogens (tertiary/aromatic N) is 1. The molecule has 0 aliphatic carbocycles. The molecule has 8 nitrogen and oxygen atoms in total. The van der Waals surface area contributed by atoms with Gasteiger partial charge in [-0.1, -0.05) is 6.92 Å². The van der Waals surface area contributed by atoms with E-state index in [4.69, 9.17) is 9.84 Å². The van der Waals surface area contributed by atoms with E-state index >= 15 is 0 Å². The van der Waals surface area contributed by atoms with Gasteiger partial charge in [0.05, 0.1) is 12.5 Å². The van der Waals surface area contributed by atoms with Gasteiger partial charge in [-0.05, 0) is 26.2 Å². The number of carboxylic acid groups (broad SMARTS) is 1. The van der Waals surface area contributed by atoms with Gasteiger partial charge in [-0.3, -0.25) is 9.59 Å². The number of carbonyl (C=O) groups excluding carboxylic acids is 1. The molecule has 2 N–H and O–H groups in total. The molecule has 0 aromatic carbocycles. The Balaban J connectivity index is 2.60. The van der Waals surface area contributed by atoms with Crippen LogP contribution in [0.2, 0.25) is 0 Å². The smallest absolute Gasteiger partial charge is 0.321 e. The van der Waals surface area contributed by atoms with E-state index in [2.05, 4.69) is 4.72 Å². The van der Waals surface area contributed by atoms with Crippen molar-refractivity contribution in [3.63, 3.8) is 0 Å². The van der Waals surface area contributed by atoms with E-state index in [9.17, 15) is 18.0 Å². The highest BCUT2D eigenvalue weighted by molar-refractivity contribution is 7.87. The number of ether oxygens (including phenoxy) is 1. The minimum Gasteiger partial charge on any atom is -0.480 e. The number of piperidine rings is 1. The first-order valence-corrected chi connectivity index (χ1v) is 8.42. The highest BCUT2D eigenvalue weighted by atomic mass is 32.2. The normalized spacial score (nSPS) is 19.1. The van der Waals surface area contributed by atoms with Crippen molar-refractivity contribution in [1.29, 1.82) is 0 Å². The second-order valence-corrected chi connectivity index (χ2v) is 6.55. The minimum atomic E-state index is -3.85. The summed E-state index contributed by atoms with van der Waals surface area (Å²) in [7, 11) is -3.85. The molecule has 0 unspecified atom stereocenters. The van der Waals surface area contributed by atoms with E-state index < -0.39 is 22.2 Å². The van der Waals surface area contributed by atoms with Crippen LogP contribution in [-0.2, 0) is 24.5 Å². The van der Waals surface area contributed by atoms with Crippen molar-refractivity contribution < 1.29 is 27.9 Å². The fourth-order valence-electron chi connectivity index (χ4n) is 2.15. The van der Waals surface area contributed by atoms with Crippen molar-refractivity contribution in [2.24, 2.45) is 5.92 Å². The fourth-order valence-corrected chi connectivity index (χ4v) is 3.62. The van der Waals surface area contributed by atoms with Gasteiger partial charge in [-0.15, -0.1) is 0 Å². The summed E-state index contributed by atoms with van der Waals surface area (Å²) in [6, 6.07) is -1.14. The van der Waals surface area contributed by atoms with Crippen LogP contribution in [-0.4, -0.2) is 55.5 Å². The Morgan fingerprint density at radius 1 is 1.33 bits per heavy atom. The highest BCUT2D eigenvalue weighted by Crippen LogP contribution is 2.20. The Kier molecular flexibility index (Phi) is 6.56. The second-order valence-electron chi connectivity index (χ2n) is 4.85. The number of nitrogens with one attached hydrogen (secondary N) is 1. The summed E-state index contributed by atoms with van der Waals surface area (Å²) in [5.74, 6) is -1.81. The van der Waals surface area contributed by atoms with Crippen LogP contribution in [0.3, 0.4) is 0 Å². The van der Waals surface area contributed by atoms with Crippen molar-refractivity contribution in [2.75, 3.05) is 19.7 Å². The molecule has 0 aromatic rings. The number of aliphatic carboxylic acids is 1. The summed E-state index contributed by atoms with van der Waals surface area (Å²) in [6.07, 6.45) is 0.918. The molecule has 0 bridgehead atoms. The highest BCUT2D eigenvalue weighted by Gasteiger charge is 2.33. The molecule has 0 aromatic heterocycles. The molecular formula is C12H22N2O6S. The number of rotatable bonds is 7. The summed E-state index contributed by atoms with van der Waals surface area (Å²) in [6.45, 7) is 3.96. The van der Waals surface area contributed by atoms with Gasteiger partial charge in [0.1, 0.15) is 6.04 Å². The first kappa shape index (κ1) is 17.9. The fraction of sp³-hybridized carbons (Fsp3) is 0.833. The van der Waals surface area contributed by atoms with Gasteiger partial charge in [0.2, 0.25) is 0 Å². The maximum atomic E-state index is 12.1. The monoisotopic (exact) mass is 322 g/mol. The number of hydrogen-bond acceptors (Lipinski definition) is 5. The molecule has 9 heteroatoms. The lowest BCUT2D eigenvalue weighted by Gasteiger charge is -2.30. The summed E-state index contributed by atoms with van der Waals surface area (Å²) < 4.78 is 32.4. The molecule has 1 saturated heterocycles. The van der Waals surface area contributed by atoms with Crippen LogP contribution in [0.4, 0.5) is 0 Å². The van der Waals surface area contributed by atoms with Gasteiger partial charge in [-0.25, -0.2) is 0 Å². The lowest BCUT2D eigenvalue weighted by atomic mass is 9.98. The van der Waals surface area contributed by atoms with E-state index in [0.29, 0.717) is 19.4 Å². The molecule has 1 atom stereocenters. The first-order chi connectivity index (χ1) is 9.81. The minimum absolute atomic E-state index is 0.161. The number of esters is 1. The quantitative estimate of drug-likeness (QED) is 0.636. The summed E-state index contributed by atoms with van der Waals surface area (Å²) in [4.78, 5) is 22.5. The van der Waals surface area contributed by atoms with Crippen LogP contribution in [0.25, 0.3) is 0 Å². The first-order valence-electron chi connectivity index (χ1n) is 6.98. The molecule has 0 amide bonds. The predicted octanol–water partition coefficient (Wildman–Crippen LogP) is -0.0409. The zero-order chi connectivity index (χ0) is 16.0. The molecule has 1 rings (SSSR count). The average Bonchev–Trinajstić information content (AvgIpc) is 2.45. The van der Waals surface area contributed by atoms with Crippen LogP contribution >= 0.6 is 0 Å². The van der Waals surface area contributed by atoms with Gasteiger partial charge >= 0.3 is 11.9 Å². The van der Waals surface area contributed by atoms with Crippen LogP contribution in [0, 0.1) is 5.92 Å². The van der Waals surface area contributed by atoms with E-state index in [1.165, 1.54) is 4.31 Å². The topological polar surface area (TPSA) is 113 Å². The second kappa shape index (κ2) is 7.71. The summed E-state index contributed by atoms with van der Waals surface area (Å²) >= 11 is 0. The number of hydrogen-bond donors (Lipinski definition) is 2. The van der Waals surface area contributed by atoms with Crippen molar-refractivity contribution in [2.45, 2.75) is 39.2 Å². The van der Waals surface area contributed by atoms with Crippen molar-refractivity contribution in [3.05, 3.63) is 0 Å². The Morgan fingerprint density at radius 2 is 1.90 bits per heavy atom. The maximum Gasteiger partial charge on any atom is 0.321 e. The van der Waals surface area contributed by atoms with E-state index in [-0.39, 0.29) is 31.4 Å². The van der Waals surface area contributed by atoms with Gasteiger partial charge < -0.3 is 9.84 Å². The van der Waals surface area contributed by atoms with Crippen molar-refractivity contribution >= 4 is 22.1 Å². The molecular weight excluding hydrogens is 300 g/mol. The zero-order valence-electron chi connectivity index (χ0n) is 12.2. The Labute approximate surface area is 124 Å². The Hall–Kier alpha value is -1.19. The van der Waals surface area contributed by atoms with Gasteiger partial charge in [-0.2, -0.15) is 17.4 Å². The predicted molar refractivity (Wildman–Crippen MR) is 74.7 cm³/mol. The molecule has 122 valence electrons. The van der Waals surface area contributed by atoms with Crippen LogP contribution in [0.1, 0.15) is 33.1 Å². The van der Waals surface area contributed by atoms with Crippen LogP contribution in [0.15, 0.2) is 0 Å². The third-order valence-electron chi connectivity index (χ3n) is 3.41. The third kappa shape index (κ3) is 4.94. The van der Waals surface area contributed by atoms with Gasteiger partial charge in [0.15, 0.2) is 0 Å². The Morgan fingerprint density at radius 3 is 2.33 bits per heavy atom. The summed E-state index contributed by atoms with van der Waals surface area (Å²) in [5.41, 5.74) is 0. The molecule has 1 heterocycles. The lowest BCUT2D eigenvalue weighted by Crippen LogP contribution is -2.50. The van der Waals surface area contributed by atoms with Crippen molar-refractivity contribution in [1.82, 2.24) is 9.03 Å². The maximum absolute atomic E-state index is 12.1. The number of carboxylic acids is 1. The molecule has 0 spiro atoms. The van der Waals surface area contributed by atoms with Crippen molar-refractivity contribution in [3.8, 4) is 0 Å². The molecule has 0 radical (unpaired) electrons. The van der Waals surface area contributed by atoms with Gasteiger partial charge in [0, 0.05) is 13.1 Å². The van der Waals surface area contributed by atoms with E-state index in [0.717, 1.165) is 0 Å². The largest absolute Gasteiger partial charge is 0.480 e. The molecule has 1 aliphatic heterocycles. The van der Waals surface area contributed by atoms with Crippen LogP contribution < -0.4 is 4.72 Å². The van der Waals surface area contributed by atoms with E-state index in [1.807, 2.05) is 0 Å². The zero-order valence-corrected chi connectivity index (χ0v) is 13.1. The standard InChI is InChI=1S/C12H22N2O6S/c1-3-10(11(15)16)13-21(18,19)14-7-5-9(6-8-14)12(17)20-4-2/h9-10,13H,3-8H2,1-2H3,(H,15,16)/t10-/m1/s1. The lowest BCUT2D eigenvalue weighted by molar-refractivity contribution is -0.149. The van der Waals surface area contributed by atoms with Gasteiger partial charge in [0.25, 0.3) is 10.2 Å². The SMILES string of the molecule is CCOC(=O)C1CCN(S(=O)(=O)N[C@H](CC)C(=O)O)CC1. The Bertz CT molecular complexity index is 470. The molecule has 1 fully saturated rings. The third-order valence-corrected chi connectivity index (χ3v) is 5.04. The molecule has 1 aliphatic rings.